The second-order valence-corrected chi connectivity index (χ2v) is 3.71. The molecule has 0 spiro atoms. The molecular weight excluding hydrogens is 214 g/mol. The highest BCUT2D eigenvalue weighted by atomic mass is 35.5. The highest BCUT2D eigenvalue weighted by molar-refractivity contribution is 6.37. The summed E-state index contributed by atoms with van der Waals surface area (Å²) in [6, 6.07) is 5.21. The van der Waals surface area contributed by atoms with Gasteiger partial charge < -0.3 is 0 Å². The summed E-state index contributed by atoms with van der Waals surface area (Å²) in [6.45, 7) is 1.87. The first-order valence-electron chi connectivity index (χ1n) is 4.42. The van der Waals surface area contributed by atoms with Crippen molar-refractivity contribution in [1.29, 1.82) is 0 Å². The molecule has 1 heterocycles. The number of rotatable bonds is 1. The molecule has 0 bridgehead atoms. The van der Waals surface area contributed by atoms with Crippen molar-refractivity contribution in [3.05, 3.63) is 40.9 Å². The molecule has 1 aromatic rings. The van der Waals surface area contributed by atoms with Gasteiger partial charge in [0, 0.05) is 12.2 Å². The zero-order chi connectivity index (χ0) is 11.0. The fourth-order valence-corrected chi connectivity index (χ4v) is 1.63. The van der Waals surface area contributed by atoms with E-state index in [0.29, 0.717) is 10.7 Å². The van der Waals surface area contributed by atoms with Gasteiger partial charge in [-0.2, -0.15) is 0 Å². The number of imide groups is 1. The van der Waals surface area contributed by atoms with Crippen molar-refractivity contribution in [1.82, 2.24) is 0 Å². The Morgan fingerprint density at radius 3 is 2.33 bits per heavy atom. The maximum absolute atomic E-state index is 11.4. The minimum absolute atomic E-state index is 0.354. The van der Waals surface area contributed by atoms with Gasteiger partial charge in [0.2, 0.25) is 0 Å². The maximum Gasteiger partial charge on any atom is 0.258 e. The molecule has 15 heavy (non-hydrogen) atoms. The third-order valence-electron chi connectivity index (χ3n) is 2.15. The number of benzene rings is 1. The SMILES string of the molecule is Cc1ccc(Cl)c(N2C(=O)C=CC2=O)c1. The molecule has 0 saturated carbocycles. The molecule has 1 aliphatic rings. The summed E-state index contributed by atoms with van der Waals surface area (Å²) < 4.78 is 0. The van der Waals surface area contributed by atoms with Gasteiger partial charge in [0.15, 0.2) is 0 Å². The molecule has 4 heteroatoms. The lowest BCUT2D eigenvalue weighted by atomic mass is 10.2. The Morgan fingerprint density at radius 2 is 1.73 bits per heavy atom. The molecule has 0 atom stereocenters. The molecule has 0 aliphatic carbocycles. The minimum atomic E-state index is -0.354. The Kier molecular flexibility index (Phi) is 2.32. The highest BCUT2D eigenvalue weighted by Crippen LogP contribution is 2.28. The standard InChI is InChI=1S/C11H8ClNO2/c1-7-2-3-8(12)9(6-7)13-10(14)4-5-11(13)15/h2-6H,1H3. The number of hydrogen-bond acceptors (Lipinski definition) is 2. The molecule has 0 saturated heterocycles. The fraction of sp³-hybridized carbons (Fsp3) is 0.0909. The number of nitrogens with zero attached hydrogens (tertiary/aromatic N) is 1. The van der Waals surface area contributed by atoms with Crippen molar-refractivity contribution in [3.8, 4) is 0 Å². The average Bonchev–Trinajstić information content (AvgIpc) is 2.51. The monoisotopic (exact) mass is 221 g/mol. The van der Waals surface area contributed by atoms with E-state index in [1.807, 2.05) is 13.0 Å². The van der Waals surface area contributed by atoms with Crippen LogP contribution in [0.3, 0.4) is 0 Å². The van der Waals surface area contributed by atoms with E-state index >= 15 is 0 Å². The lowest BCUT2D eigenvalue weighted by molar-refractivity contribution is -0.119. The molecule has 2 amide bonds. The van der Waals surface area contributed by atoms with Crippen LogP contribution in [0.15, 0.2) is 30.4 Å². The molecule has 0 fully saturated rings. The molecule has 2 rings (SSSR count). The summed E-state index contributed by atoms with van der Waals surface area (Å²) in [5.41, 5.74) is 1.39. The third kappa shape index (κ3) is 1.66. The first-order chi connectivity index (χ1) is 7.09. The molecule has 0 radical (unpaired) electrons. The van der Waals surface area contributed by atoms with Crippen LogP contribution in [0.2, 0.25) is 5.02 Å². The second-order valence-electron chi connectivity index (χ2n) is 3.30. The van der Waals surface area contributed by atoms with E-state index in [-0.39, 0.29) is 11.8 Å². The summed E-state index contributed by atoms with van der Waals surface area (Å²) in [4.78, 5) is 23.9. The summed E-state index contributed by atoms with van der Waals surface area (Å²) in [7, 11) is 0. The van der Waals surface area contributed by atoms with Crippen LogP contribution in [0.1, 0.15) is 5.56 Å². The van der Waals surface area contributed by atoms with E-state index in [9.17, 15) is 9.59 Å². The molecular formula is C11H8ClNO2. The first-order valence-corrected chi connectivity index (χ1v) is 4.79. The molecule has 3 nitrogen and oxygen atoms in total. The number of anilines is 1. The van der Waals surface area contributed by atoms with Crippen molar-refractivity contribution in [2.75, 3.05) is 4.90 Å². The van der Waals surface area contributed by atoms with Crippen LogP contribution >= 0.6 is 11.6 Å². The Bertz CT molecular complexity index is 461. The fourth-order valence-electron chi connectivity index (χ4n) is 1.43. The van der Waals surface area contributed by atoms with Gasteiger partial charge in [-0.1, -0.05) is 17.7 Å². The van der Waals surface area contributed by atoms with Gasteiger partial charge in [-0.05, 0) is 24.6 Å². The third-order valence-corrected chi connectivity index (χ3v) is 2.47. The predicted molar refractivity (Wildman–Crippen MR) is 57.8 cm³/mol. The smallest absolute Gasteiger partial charge is 0.258 e. The molecule has 0 unspecified atom stereocenters. The number of carbonyl (C=O) groups is 2. The molecule has 0 N–H and O–H groups in total. The van der Waals surface area contributed by atoms with Crippen molar-refractivity contribution < 1.29 is 9.59 Å². The van der Waals surface area contributed by atoms with Crippen LogP contribution in [0.4, 0.5) is 5.69 Å². The van der Waals surface area contributed by atoms with Gasteiger partial charge in [-0.15, -0.1) is 0 Å². The summed E-state index contributed by atoms with van der Waals surface area (Å²) in [6.07, 6.45) is 2.47. The lowest BCUT2D eigenvalue weighted by Gasteiger charge is -2.15. The van der Waals surface area contributed by atoms with E-state index in [2.05, 4.69) is 0 Å². The Labute approximate surface area is 91.9 Å². The first kappa shape index (κ1) is 9.93. The Hall–Kier alpha value is -1.61. The van der Waals surface area contributed by atoms with Gasteiger partial charge >= 0.3 is 0 Å². The van der Waals surface area contributed by atoms with E-state index in [4.69, 9.17) is 11.6 Å². The average molecular weight is 222 g/mol. The number of hydrogen-bond donors (Lipinski definition) is 0. The number of amides is 2. The lowest BCUT2D eigenvalue weighted by Crippen LogP contribution is -2.29. The van der Waals surface area contributed by atoms with Crippen molar-refractivity contribution in [2.45, 2.75) is 6.92 Å². The van der Waals surface area contributed by atoms with Crippen molar-refractivity contribution in [2.24, 2.45) is 0 Å². The van der Waals surface area contributed by atoms with Gasteiger partial charge in [0.05, 0.1) is 10.7 Å². The summed E-state index contributed by atoms with van der Waals surface area (Å²) in [5.74, 6) is -0.708. The normalized spacial score (nSPS) is 15.2. The van der Waals surface area contributed by atoms with Gasteiger partial charge in [-0.25, -0.2) is 4.90 Å². The minimum Gasteiger partial charge on any atom is -0.269 e. The molecule has 76 valence electrons. The summed E-state index contributed by atoms with van der Waals surface area (Å²) >= 11 is 5.93. The van der Waals surface area contributed by atoms with Crippen LogP contribution in [-0.2, 0) is 9.59 Å². The van der Waals surface area contributed by atoms with Gasteiger partial charge in [-0.3, -0.25) is 9.59 Å². The molecule has 1 aliphatic heterocycles. The zero-order valence-corrected chi connectivity index (χ0v) is 8.78. The number of carbonyl (C=O) groups excluding carboxylic acids is 2. The van der Waals surface area contributed by atoms with Crippen LogP contribution in [0, 0.1) is 6.92 Å². The van der Waals surface area contributed by atoms with Crippen LogP contribution in [0.25, 0.3) is 0 Å². The molecule has 1 aromatic carbocycles. The van der Waals surface area contributed by atoms with E-state index in [0.717, 1.165) is 10.5 Å². The van der Waals surface area contributed by atoms with Gasteiger partial charge in [0.25, 0.3) is 11.8 Å². The van der Waals surface area contributed by atoms with E-state index < -0.39 is 0 Å². The second kappa shape index (κ2) is 3.51. The highest BCUT2D eigenvalue weighted by Gasteiger charge is 2.26. The topological polar surface area (TPSA) is 37.4 Å². The van der Waals surface area contributed by atoms with Crippen molar-refractivity contribution >= 4 is 29.1 Å². The molecule has 0 aromatic heterocycles. The summed E-state index contributed by atoms with van der Waals surface area (Å²) in [5, 5.41) is 0.394. The predicted octanol–water partition coefficient (Wildman–Crippen LogP) is 2.08. The largest absolute Gasteiger partial charge is 0.269 e. The van der Waals surface area contributed by atoms with E-state index in [1.54, 1.807) is 12.1 Å². The quantitative estimate of drug-likeness (QED) is 0.681. The maximum atomic E-state index is 11.4. The van der Waals surface area contributed by atoms with Crippen LogP contribution in [-0.4, -0.2) is 11.8 Å². The van der Waals surface area contributed by atoms with Crippen molar-refractivity contribution in [3.63, 3.8) is 0 Å². The number of halogens is 1. The Balaban J connectivity index is 2.50. The van der Waals surface area contributed by atoms with E-state index in [1.165, 1.54) is 12.2 Å². The Morgan fingerprint density at radius 1 is 1.13 bits per heavy atom. The van der Waals surface area contributed by atoms with Crippen LogP contribution < -0.4 is 4.90 Å². The van der Waals surface area contributed by atoms with Crippen LogP contribution in [0.5, 0.6) is 0 Å². The zero-order valence-electron chi connectivity index (χ0n) is 8.03. The number of aryl methyl sites for hydroxylation is 1. The van der Waals surface area contributed by atoms with Gasteiger partial charge in [0.1, 0.15) is 0 Å².